The second-order valence-electron chi connectivity index (χ2n) is 7.97. The number of carbonyl (C=O) groups is 1. The predicted molar refractivity (Wildman–Crippen MR) is 86.1 cm³/mol. The van der Waals surface area contributed by atoms with Crippen molar-refractivity contribution in [2.24, 2.45) is 23.2 Å². The van der Waals surface area contributed by atoms with E-state index in [1.807, 2.05) is 0 Å². The Bertz CT molecular complexity index is 339. The number of piperidine rings is 1. The summed E-state index contributed by atoms with van der Waals surface area (Å²) in [5, 5.41) is 0. The van der Waals surface area contributed by atoms with E-state index in [1.54, 1.807) is 0 Å². The number of carbonyl (C=O) groups excluding carboxylic acids is 1. The Morgan fingerprint density at radius 1 is 1.19 bits per heavy atom. The molecule has 3 nitrogen and oxygen atoms in total. The highest BCUT2D eigenvalue weighted by atomic mass is 16.5. The number of nitrogens with zero attached hydrogens (tertiary/aromatic N) is 1. The van der Waals surface area contributed by atoms with E-state index in [1.165, 1.54) is 6.42 Å². The van der Waals surface area contributed by atoms with Crippen molar-refractivity contribution in [3.8, 4) is 0 Å². The van der Waals surface area contributed by atoms with Crippen molar-refractivity contribution >= 4 is 5.91 Å². The van der Waals surface area contributed by atoms with Gasteiger partial charge < -0.3 is 9.64 Å². The first kappa shape index (κ1) is 16.8. The molecule has 0 aromatic rings. The largest absolute Gasteiger partial charge is 0.381 e. The fourth-order valence-corrected chi connectivity index (χ4v) is 4.16. The topological polar surface area (TPSA) is 29.5 Å². The average molecular weight is 295 g/mol. The van der Waals surface area contributed by atoms with Gasteiger partial charge in [0.1, 0.15) is 0 Å². The average Bonchev–Trinajstić information content (AvgIpc) is 2.46. The van der Waals surface area contributed by atoms with Gasteiger partial charge in [0, 0.05) is 32.2 Å². The summed E-state index contributed by atoms with van der Waals surface area (Å²) in [4.78, 5) is 14.8. The first-order valence-electron chi connectivity index (χ1n) is 8.78. The van der Waals surface area contributed by atoms with Crippen molar-refractivity contribution in [1.82, 2.24) is 4.90 Å². The highest BCUT2D eigenvalue weighted by Crippen LogP contribution is 2.37. The summed E-state index contributed by atoms with van der Waals surface area (Å²) in [6.45, 7) is 12.7. The molecule has 0 N–H and O–H groups in total. The Hall–Kier alpha value is -0.570. The summed E-state index contributed by atoms with van der Waals surface area (Å²) in [6.07, 6.45) is 5.71. The molecule has 2 aliphatic heterocycles. The highest BCUT2D eigenvalue weighted by Gasteiger charge is 2.35. The van der Waals surface area contributed by atoms with Gasteiger partial charge >= 0.3 is 0 Å². The minimum atomic E-state index is 0.170. The van der Waals surface area contributed by atoms with E-state index in [2.05, 4.69) is 32.6 Å². The molecule has 122 valence electrons. The van der Waals surface area contributed by atoms with Crippen molar-refractivity contribution in [2.45, 2.75) is 59.8 Å². The van der Waals surface area contributed by atoms with Crippen molar-refractivity contribution in [3.63, 3.8) is 0 Å². The standard InChI is InChI=1S/C18H33NO2/c1-14(2)13-18(4)7-9-19(10-8-18)17(20)15(3)16-5-11-21-12-6-16/h14-16H,5-13H2,1-4H3. The van der Waals surface area contributed by atoms with Gasteiger partial charge in [-0.1, -0.05) is 27.7 Å². The van der Waals surface area contributed by atoms with Crippen LogP contribution in [0.3, 0.4) is 0 Å². The van der Waals surface area contributed by atoms with Gasteiger partial charge in [-0.2, -0.15) is 0 Å². The van der Waals surface area contributed by atoms with Crippen LogP contribution in [0.5, 0.6) is 0 Å². The monoisotopic (exact) mass is 295 g/mol. The second-order valence-corrected chi connectivity index (χ2v) is 7.97. The van der Waals surface area contributed by atoms with Crippen molar-refractivity contribution < 1.29 is 9.53 Å². The van der Waals surface area contributed by atoms with Gasteiger partial charge in [0.25, 0.3) is 0 Å². The molecule has 0 aromatic heterocycles. The first-order valence-corrected chi connectivity index (χ1v) is 8.78. The van der Waals surface area contributed by atoms with Gasteiger partial charge in [-0.05, 0) is 49.4 Å². The fourth-order valence-electron chi connectivity index (χ4n) is 4.16. The maximum atomic E-state index is 12.7. The first-order chi connectivity index (χ1) is 9.91. The molecule has 3 heteroatoms. The summed E-state index contributed by atoms with van der Waals surface area (Å²) in [5.41, 5.74) is 0.437. The van der Waals surface area contributed by atoms with Gasteiger partial charge in [0.2, 0.25) is 5.91 Å². The van der Waals surface area contributed by atoms with Crippen LogP contribution in [-0.2, 0) is 9.53 Å². The fraction of sp³-hybridized carbons (Fsp3) is 0.944. The van der Waals surface area contributed by atoms with Crippen molar-refractivity contribution in [3.05, 3.63) is 0 Å². The number of ether oxygens (including phenoxy) is 1. The van der Waals surface area contributed by atoms with E-state index in [0.29, 0.717) is 17.2 Å². The molecule has 2 heterocycles. The molecular formula is C18H33NO2. The van der Waals surface area contributed by atoms with Gasteiger partial charge in [-0.25, -0.2) is 0 Å². The zero-order valence-corrected chi connectivity index (χ0v) is 14.4. The summed E-state index contributed by atoms with van der Waals surface area (Å²) in [5.74, 6) is 1.82. The summed E-state index contributed by atoms with van der Waals surface area (Å²) >= 11 is 0. The van der Waals surface area contributed by atoms with Gasteiger partial charge in [-0.15, -0.1) is 0 Å². The van der Waals surface area contributed by atoms with Gasteiger partial charge in [0.05, 0.1) is 0 Å². The van der Waals surface area contributed by atoms with E-state index >= 15 is 0 Å². The minimum absolute atomic E-state index is 0.170. The van der Waals surface area contributed by atoms with Crippen LogP contribution in [0.25, 0.3) is 0 Å². The predicted octanol–water partition coefficient (Wildman–Crippen LogP) is 3.72. The molecule has 0 saturated carbocycles. The molecule has 0 spiro atoms. The van der Waals surface area contributed by atoms with E-state index in [-0.39, 0.29) is 5.92 Å². The molecule has 0 aromatic carbocycles. The minimum Gasteiger partial charge on any atom is -0.381 e. The normalized spacial score (nSPS) is 25.1. The van der Waals surface area contributed by atoms with Crippen LogP contribution in [0.15, 0.2) is 0 Å². The number of hydrogen-bond acceptors (Lipinski definition) is 2. The number of rotatable bonds is 4. The Morgan fingerprint density at radius 3 is 2.29 bits per heavy atom. The second kappa shape index (κ2) is 7.13. The van der Waals surface area contributed by atoms with E-state index in [4.69, 9.17) is 4.74 Å². The Morgan fingerprint density at radius 2 is 1.76 bits per heavy atom. The summed E-state index contributed by atoms with van der Waals surface area (Å²) in [7, 11) is 0. The third-order valence-corrected chi connectivity index (χ3v) is 5.55. The lowest BCUT2D eigenvalue weighted by Crippen LogP contribution is -2.46. The lowest BCUT2D eigenvalue weighted by molar-refractivity contribution is -0.140. The maximum absolute atomic E-state index is 12.7. The van der Waals surface area contributed by atoms with E-state index in [0.717, 1.165) is 57.9 Å². The molecule has 0 radical (unpaired) electrons. The number of hydrogen-bond donors (Lipinski definition) is 0. The zero-order chi connectivity index (χ0) is 15.5. The Balaban J connectivity index is 1.84. The third kappa shape index (κ3) is 4.45. The molecule has 1 unspecified atom stereocenters. The molecule has 2 saturated heterocycles. The Kier molecular flexibility index (Phi) is 5.70. The van der Waals surface area contributed by atoms with Crippen molar-refractivity contribution in [1.29, 1.82) is 0 Å². The summed E-state index contributed by atoms with van der Waals surface area (Å²) < 4.78 is 5.41. The molecule has 2 rings (SSSR count). The molecule has 0 aliphatic carbocycles. The van der Waals surface area contributed by atoms with Gasteiger partial charge in [0.15, 0.2) is 0 Å². The van der Waals surface area contributed by atoms with Crippen LogP contribution in [0, 0.1) is 23.2 Å². The lowest BCUT2D eigenvalue weighted by Gasteiger charge is -2.42. The van der Waals surface area contributed by atoms with Crippen LogP contribution >= 0.6 is 0 Å². The smallest absolute Gasteiger partial charge is 0.225 e. The number of likely N-dealkylation sites (tertiary alicyclic amines) is 1. The van der Waals surface area contributed by atoms with Crippen LogP contribution in [0.4, 0.5) is 0 Å². The maximum Gasteiger partial charge on any atom is 0.225 e. The van der Waals surface area contributed by atoms with Crippen LogP contribution in [0.2, 0.25) is 0 Å². The van der Waals surface area contributed by atoms with Crippen molar-refractivity contribution in [2.75, 3.05) is 26.3 Å². The molecular weight excluding hydrogens is 262 g/mol. The Labute approximate surface area is 130 Å². The van der Waals surface area contributed by atoms with Crippen LogP contribution in [-0.4, -0.2) is 37.1 Å². The summed E-state index contributed by atoms with van der Waals surface area (Å²) in [6, 6.07) is 0. The molecule has 0 bridgehead atoms. The number of amides is 1. The van der Waals surface area contributed by atoms with E-state index in [9.17, 15) is 4.79 Å². The van der Waals surface area contributed by atoms with Gasteiger partial charge in [-0.3, -0.25) is 4.79 Å². The lowest BCUT2D eigenvalue weighted by atomic mass is 9.74. The molecule has 2 aliphatic rings. The third-order valence-electron chi connectivity index (χ3n) is 5.55. The quantitative estimate of drug-likeness (QED) is 0.791. The van der Waals surface area contributed by atoms with Crippen LogP contribution in [0.1, 0.15) is 59.8 Å². The zero-order valence-electron chi connectivity index (χ0n) is 14.4. The SMILES string of the molecule is CC(C)CC1(C)CCN(C(=O)C(C)C2CCOCC2)CC1. The molecule has 1 atom stereocenters. The van der Waals surface area contributed by atoms with E-state index < -0.39 is 0 Å². The molecule has 1 amide bonds. The molecule has 21 heavy (non-hydrogen) atoms. The van der Waals surface area contributed by atoms with Crippen LogP contribution < -0.4 is 0 Å². The molecule has 2 fully saturated rings. The highest BCUT2D eigenvalue weighted by molar-refractivity contribution is 5.78.